The van der Waals surface area contributed by atoms with Crippen molar-refractivity contribution in [1.82, 2.24) is 24.9 Å². The number of aryl methyl sites for hydroxylation is 1. The Kier molecular flexibility index (Phi) is 6.01. The van der Waals surface area contributed by atoms with Crippen LogP contribution in [0.15, 0.2) is 12.1 Å². The molecule has 0 saturated carbocycles. The van der Waals surface area contributed by atoms with Gasteiger partial charge in [0.15, 0.2) is 0 Å². The van der Waals surface area contributed by atoms with Crippen LogP contribution in [0.3, 0.4) is 0 Å². The molecule has 4 rings (SSSR count). The zero-order valence-corrected chi connectivity index (χ0v) is 17.6. The van der Waals surface area contributed by atoms with Crippen molar-refractivity contribution in [2.24, 2.45) is 0 Å². The topological polar surface area (TPSA) is 85.3 Å². The summed E-state index contributed by atoms with van der Waals surface area (Å²) in [6.45, 7) is 11.1. The molecular weight excluding hydrogens is 370 g/mol. The second kappa shape index (κ2) is 8.67. The molecule has 1 unspecified atom stereocenters. The number of rotatable bonds is 7. The summed E-state index contributed by atoms with van der Waals surface area (Å²) < 4.78 is 12.5. The van der Waals surface area contributed by atoms with Gasteiger partial charge >= 0.3 is 0 Å². The molecule has 1 amide bonds. The summed E-state index contributed by atoms with van der Waals surface area (Å²) >= 11 is 0. The van der Waals surface area contributed by atoms with E-state index in [-0.39, 0.29) is 17.7 Å². The van der Waals surface area contributed by atoms with E-state index in [2.05, 4.69) is 37.0 Å². The summed E-state index contributed by atoms with van der Waals surface area (Å²) in [5.74, 6) is 1.05. The fourth-order valence-corrected chi connectivity index (χ4v) is 3.68. The Morgan fingerprint density at radius 2 is 1.93 bits per heavy atom. The minimum atomic E-state index is 0.0485. The van der Waals surface area contributed by atoms with Gasteiger partial charge in [0, 0.05) is 37.2 Å². The number of hydrogen-bond donors (Lipinski definition) is 1. The first-order chi connectivity index (χ1) is 14.0. The number of nitrogens with zero attached hydrogens (tertiary/aromatic N) is 4. The van der Waals surface area contributed by atoms with Crippen molar-refractivity contribution < 1.29 is 14.3 Å². The average Bonchev–Trinajstić information content (AvgIpc) is 3.32. The van der Waals surface area contributed by atoms with Crippen LogP contribution in [0.25, 0.3) is 0 Å². The normalized spacial score (nSPS) is 18.8. The van der Waals surface area contributed by atoms with Crippen LogP contribution in [0.4, 0.5) is 0 Å². The van der Waals surface area contributed by atoms with Gasteiger partial charge in [0.2, 0.25) is 0 Å². The van der Waals surface area contributed by atoms with E-state index in [1.807, 2.05) is 15.6 Å². The van der Waals surface area contributed by atoms with E-state index in [1.54, 1.807) is 0 Å². The highest BCUT2D eigenvalue weighted by Crippen LogP contribution is 2.26. The van der Waals surface area contributed by atoms with E-state index in [9.17, 15) is 4.79 Å². The SMILES string of the molecule is CC(C)c1cc(C(=O)N2CCOCC2)n(CCC(C)c2cc(C3COC3)[nH]n2)n1. The fourth-order valence-electron chi connectivity index (χ4n) is 3.68. The Labute approximate surface area is 171 Å². The standard InChI is InChI=1S/C21H31N5O3/c1-14(2)17-11-20(21(27)25-6-8-28-9-7-25)26(24-17)5-4-15(3)18-10-19(23-22-18)16-12-29-13-16/h10-11,14-16H,4-9,12-13H2,1-3H3,(H,22,23). The number of nitrogens with one attached hydrogen (secondary N) is 1. The molecule has 0 bridgehead atoms. The monoisotopic (exact) mass is 401 g/mol. The van der Waals surface area contributed by atoms with Gasteiger partial charge in [-0.2, -0.15) is 10.2 Å². The minimum absolute atomic E-state index is 0.0485. The van der Waals surface area contributed by atoms with Gasteiger partial charge < -0.3 is 14.4 Å². The van der Waals surface area contributed by atoms with Crippen LogP contribution in [0, 0.1) is 0 Å². The number of hydrogen-bond acceptors (Lipinski definition) is 5. The van der Waals surface area contributed by atoms with Crippen molar-refractivity contribution >= 4 is 5.91 Å². The fraction of sp³-hybridized carbons (Fsp3) is 0.667. The third kappa shape index (κ3) is 4.38. The van der Waals surface area contributed by atoms with Crippen LogP contribution < -0.4 is 0 Å². The lowest BCUT2D eigenvalue weighted by Gasteiger charge is -2.27. The molecule has 2 aliphatic heterocycles. The second-order valence-corrected chi connectivity index (χ2v) is 8.41. The number of H-pyrrole nitrogens is 1. The highest BCUT2D eigenvalue weighted by Gasteiger charge is 2.25. The predicted molar refractivity (Wildman–Crippen MR) is 108 cm³/mol. The lowest BCUT2D eigenvalue weighted by atomic mass is 10.00. The van der Waals surface area contributed by atoms with E-state index in [4.69, 9.17) is 14.6 Å². The van der Waals surface area contributed by atoms with Crippen LogP contribution >= 0.6 is 0 Å². The molecule has 2 aromatic rings. The molecule has 2 saturated heterocycles. The van der Waals surface area contributed by atoms with Crippen molar-refractivity contribution in [3.8, 4) is 0 Å². The number of aromatic nitrogens is 4. The quantitative estimate of drug-likeness (QED) is 0.771. The van der Waals surface area contributed by atoms with Gasteiger partial charge in [-0.05, 0) is 24.5 Å². The number of carbonyl (C=O) groups excluding carboxylic acids is 1. The second-order valence-electron chi connectivity index (χ2n) is 8.41. The Bertz CT molecular complexity index is 833. The summed E-state index contributed by atoms with van der Waals surface area (Å²) in [5, 5.41) is 12.4. The van der Waals surface area contributed by atoms with Crippen molar-refractivity contribution in [2.75, 3.05) is 39.5 Å². The highest BCUT2D eigenvalue weighted by atomic mass is 16.5. The van der Waals surface area contributed by atoms with E-state index in [0.717, 1.165) is 36.7 Å². The van der Waals surface area contributed by atoms with Crippen LogP contribution in [0.5, 0.6) is 0 Å². The molecule has 8 heteroatoms. The lowest BCUT2D eigenvalue weighted by Crippen LogP contribution is -2.41. The zero-order chi connectivity index (χ0) is 20.4. The Morgan fingerprint density at radius 3 is 2.59 bits per heavy atom. The molecule has 158 valence electrons. The third-order valence-electron chi connectivity index (χ3n) is 5.88. The van der Waals surface area contributed by atoms with Crippen LogP contribution in [0.2, 0.25) is 0 Å². The van der Waals surface area contributed by atoms with E-state index < -0.39 is 0 Å². The van der Waals surface area contributed by atoms with Gasteiger partial charge in [-0.25, -0.2) is 0 Å². The third-order valence-corrected chi connectivity index (χ3v) is 5.88. The maximum atomic E-state index is 13.1. The summed E-state index contributed by atoms with van der Waals surface area (Å²) in [5.41, 5.74) is 3.85. The van der Waals surface area contributed by atoms with Gasteiger partial charge in [-0.1, -0.05) is 20.8 Å². The molecule has 1 atom stereocenters. The van der Waals surface area contributed by atoms with Crippen LogP contribution in [0.1, 0.15) is 72.5 Å². The summed E-state index contributed by atoms with van der Waals surface area (Å²) in [7, 11) is 0. The van der Waals surface area contributed by atoms with E-state index in [1.165, 1.54) is 0 Å². The highest BCUT2D eigenvalue weighted by molar-refractivity contribution is 5.92. The summed E-state index contributed by atoms with van der Waals surface area (Å²) in [4.78, 5) is 14.9. The largest absolute Gasteiger partial charge is 0.380 e. The van der Waals surface area contributed by atoms with Crippen LogP contribution in [-0.4, -0.2) is 70.3 Å². The first kappa shape index (κ1) is 20.1. The molecular formula is C21H31N5O3. The Morgan fingerprint density at radius 1 is 1.17 bits per heavy atom. The molecule has 0 spiro atoms. The minimum Gasteiger partial charge on any atom is -0.380 e. The smallest absolute Gasteiger partial charge is 0.272 e. The van der Waals surface area contributed by atoms with Gasteiger partial charge in [-0.15, -0.1) is 0 Å². The van der Waals surface area contributed by atoms with Crippen molar-refractivity contribution in [3.05, 3.63) is 34.9 Å². The van der Waals surface area contributed by atoms with Crippen molar-refractivity contribution in [3.63, 3.8) is 0 Å². The van der Waals surface area contributed by atoms with E-state index >= 15 is 0 Å². The Balaban J connectivity index is 1.45. The van der Waals surface area contributed by atoms with Crippen LogP contribution in [-0.2, 0) is 16.0 Å². The van der Waals surface area contributed by atoms with Gasteiger partial charge in [-0.3, -0.25) is 14.6 Å². The zero-order valence-electron chi connectivity index (χ0n) is 17.6. The molecule has 0 aliphatic carbocycles. The van der Waals surface area contributed by atoms with Gasteiger partial charge in [0.25, 0.3) is 5.91 Å². The molecule has 8 nitrogen and oxygen atoms in total. The maximum Gasteiger partial charge on any atom is 0.272 e. The van der Waals surface area contributed by atoms with E-state index in [0.29, 0.717) is 44.5 Å². The number of amides is 1. The molecule has 0 aromatic carbocycles. The lowest BCUT2D eigenvalue weighted by molar-refractivity contribution is 0.00669. The molecule has 0 radical (unpaired) electrons. The van der Waals surface area contributed by atoms with Gasteiger partial charge in [0.1, 0.15) is 5.69 Å². The molecule has 2 fully saturated rings. The number of morpholine rings is 1. The average molecular weight is 402 g/mol. The Hall–Kier alpha value is -2.19. The molecule has 2 aliphatic rings. The maximum absolute atomic E-state index is 13.1. The number of carbonyl (C=O) groups is 1. The molecule has 1 N–H and O–H groups in total. The summed E-state index contributed by atoms with van der Waals surface area (Å²) in [6, 6.07) is 4.11. The molecule has 2 aromatic heterocycles. The molecule has 29 heavy (non-hydrogen) atoms. The number of aromatic amines is 1. The van der Waals surface area contributed by atoms with Crippen molar-refractivity contribution in [2.45, 2.75) is 51.5 Å². The number of ether oxygens (including phenoxy) is 2. The molecule has 4 heterocycles. The summed E-state index contributed by atoms with van der Waals surface area (Å²) in [6.07, 6.45) is 0.869. The predicted octanol–water partition coefficient (Wildman–Crippen LogP) is 2.51. The van der Waals surface area contributed by atoms with Gasteiger partial charge in [0.05, 0.1) is 37.8 Å². The van der Waals surface area contributed by atoms with Crippen molar-refractivity contribution in [1.29, 1.82) is 0 Å². The first-order valence-electron chi connectivity index (χ1n) is 10.6. The first-order valence-corrected chi connectivity index (χ1v) is 10.6.